The molecule has 0 radical (unpaired) electrons. The maximum absolute atomic E-state index is 12.2. The van der Waals surface area contributed by atoms with Gasteiger partial charge in [-0.1, -0.05) is 30.3 Å². The van der Waals surface area contributed by atoms with E-state index in [4.69, 9.17) is 0 Å². The Labute approximate surface area is 113 Å². The Morgan fingerprint density at radius 3 is 2.47 bits per heavy atom. The van der Waals surface area contributed by atoms with Gasteiger partial charge in [-0.25, -0.2) is 4.98 Å². The summed E-state index contributed by atoms with van der Waals surface area (Å²) in [6, 6.07) is 13.6. The second-order valence-electron chi connectivity index (χ2n) is 4.79. The second kappa shape index (κ2) is 5.65. The number of nitrogens with one attached hydrogen (secondary N) is 1. The average molecular weight is 254 g/mol. The van der Waals surface area contributed by atoms with Gasteiger partial charge >= 0.3 is 0 Å². The Morgan fingerprint density at radius 2 is 1.84 bits per heavy atom. The van der Waals surface area contributed by atoms with Crippen LogP contribution in [0.1, 0.15) is 29.7 Å². The van der Waals surface area contributed by atoms with Crippen LogP contribution in [-0.4, -0.2) is 10.9 Å². The van der Waals surface area contributed by atoms with Crippen molar-refractivity contribution in [2.45, 2.75) is 26.7 Å². The summed E-state index contributed by atoms with van der Waals surface area (Å²) in [5.74, 6) is 0.387. The predicted octanol–water partition coefficient (Wildman–Crippen LogP) is 3.44. The van der Waals surface area contributed by atoms with Gasteiger partial charge in [0, 0.05) is 5.69 Å². The molecular weight excluding hydrogens is 236 g/mol. The number of anilines is 1. The molecule has 0 spiro atoms. The summed E-state index contributed by atoms with van der Waals surface area (Å²) in [5.41, 5.74) is 3.00. The first kappa shape index (κ1) is 13.3. The number of aryl methyl sites for hydroxylation is 2. The van der Waals surface area contributed by atoms with Crippen LogP contribution in [0.15, 0.2) is 42.5 Å². The number of hydrogen-bond acceptors (Lipinski definition) is 2. The molecule has 0 saturated heterocycles. The molecule has 19 heavy (non-hydrogen) atoms. The number of nitrogens with zero attached hydrogens (tertiary/aromatic N) is 1. The smallest absolute Gasteiger partial charge is 0.232 e. The van der Waals surface area contributed by atoms with Gasteiger partial charge in [0.2, 0.25) is 5.91 Å². The van der Waals surface area contributed by atoms with E-state index in [9.17, 15) is 4.79 Å². The molecule has 0 bridgehead atoms. The van der Waals surface area contributed by atoms with Gasteiger partial charge in [-0.05, 0) is 44.0 Å². The van der Waals surface area contributed by atoms with E-state index in [2.05, 4.69) is 10.3 Å². The lowest BCUT2D eigenvalue weighted by atomic mass is 10.0. The molecule has 98 valence electrons. The highest BCUT2D eigenvalue weighted by Crippen LogP contribution is 2.17. The third kappa shape index (κ3) is 3.41. The van der Waals surface area contributed by atoms with Crippen molar-refractivity contribution in [2.75, 3.05) is 5.32 Å². The van der Waals surface area contributed by atoms with Crippen LogP contribution < -0.4 is 5.32 Å². The Hall–Kier alpha value is -2.16. The predicted molar refractivity (Wildman–Crippen MR) is 77.2 cm³/mol. The summed E-state index contributed by atoms with van der Waals surface area (Å²) in [7, 11) is 0. The maximum atomic E-state index is 12.2. The van der Waals surface area contributed by atoms with E-state index >= 15 is 0 Å². The molecule has 1 unspecified atom stereocenters. The Balaban J connectivity index is 2.13. The Kier molecular flexibility index (Phi) is 3.95. The van der Waals surface area contributed by atoms with E-state index in [-0.39, 0.29) is 11.8 Å². The van der Waals surface area contributed by atoms with Gasteiger partial charge in [0.25, 0.3) is 0 Å². The first-order chi connectivity index (χ1) is 9.06. The standard InChI is InChI=1S/C16H18N2O/c1-11-9-12(2)17-15(10-11)18-16(19)13(3)14-7-5-4-6-8-14/h4-10,13H,1-3H3,(H,17,18,19). The lowest BCUT2D eigenvalue weighted by molar-refractivity contribution is -0.117. The fraction of sp³-hybridized carbons (Fsp3) is 0.250. The number of amides is 1. The van der Waals surface area contributed by atoms with Crippen LogP contribution in [0.2, 0.25) is 0 Å². The minimum atomic E-state index is -0.191. The van der Waals surface area contributed by atoms with Crippen molar-refractivity contribution in [3.63, 3.8) is 0 Å². The molecule has 1 amide bonds. The number of carbonyl (C=O) groups is 1. The van der Waals surface area contributed by atoms with Crippen LogP contribution in [0, 0.1) is 13.8 Å². The van der Waals surface area contributed by atoms with Crippen LogP contribution in [0.4, 0.5) is 5.82 Å². The van der Waals surface area contributed by atoms with Gasteiger partial charge in [-0.3, -0.25) is 4.79 Å². The van der Waals surface area contributed by atoms with Crippen molar-refractivity contribution in [2.24, 2.45) is 0 Å². The summed E-state index contributed by atoms with van der Waals surface area (Å²) in [5, 5.41) is 2.87. The lowest BCUT2D eigenvalue weighted by Crippen LogP contribution is -2.19. The highest BCUT2D eigenvalue weighted by Gasteiger charge is 2.15. The molecule has 2 aromatic rings. The van der Waals surface area contributed by atoms with Gasteiger partial charge in [-0.2, -0.15) is 0 Å². The van der Waals surface area contributed by atoms with Crippen molar-refractivity contribution in [1.29, 1.82) is 0 Å². The van der Waals surface area contributed by atoms with E-state index in [1.807, 2.05) is 63.2 Å². The van der Waals surface area contributed by atoms with Crippen molar-refractivity contribution < 1.29 is 4.79 Å². The van der Waals surface area contributed by atoms with Crippen molar-refractivity contribution in [3.8, 4) is 0 Å². The molecule has 1 aromatic heterocycles. The maximum Gasteiger partial charge on any atom is 0.232 e. The molecular formula is C16H18N2O. The summed E-state index contributed by atoms with van der Waals surface area (Å²) in [6.45, 7) is 5.81. The fourth-order valence-electron chi connectivity index (χ4n) is 2.03. The number of hydrogen-bond donors (Lipinski definition) is 1. The molecule has 1 heterocycles. The molecule has 1 atom stereocenters. The van der Waals surface area contributed by atoms with Crippen molar-refractivity contribution in [3.05, 3.63) is 59.3 Å². The molecule has 3 nitrogen and oxygen atoms in total. The lowest BCUT2D eigenvalue weighted by Gasteiger charge is -2.12. The average Bonchev–Trinajstić information content (AvgIpc) is 2.37. The van der Waals surface area contributed by atoms with Gasteiger partial charge in [-0.15, -0.1) is 0 Å². The van der Waals surface area contributed by atoms with E-state index in [1.165, 1.54) is 0 Å². The Bertz CT molecular complexity index is 558. The van der Waals surface area contributed by atoms with Crippen molar-refractivity contribution in [1.82, 2.24) is 4.98 Å². The van der Waals surface area contributed by atoms with Crippen LogP contribution >= 0.6 is 0 Å². The van der Waals surface area contributed by atoms with Gasteiger partial charge in [0.1, 0.15) is 5.82 Å². The SMILES string of the molecule is Cc1cc(C)nc(NC(=O)C(C)c2ccccc2)c1. The minimum absolute atomic E-state index is 0.0382. The zero-order valence-electron chi connectivity index (χ0n) is 11.5. The molecule has 0 aliphatic carbocycles. The molecule has 1 aromatic carbocycles. The summed E-state index contributed by atoms with van der Waals surface area (Å²) < 4.78 is 0. The first-order valence-electron chi connectivity index (χ1n) is 6.37. The first-order valence-corrected chi connectivity index (χ1v) is 6.37. The summed E-state index contributed by atoms with van der Waals surface area (Å²) in [4.78, 5) is 16.5. The van der Waals surface area contributed by atoms with Gasteiger partial charge in [0.05, 0.1) is 5.92 Å². The van der Waals surface area contributed by atoms with Gasteiger partial charge < -0.3 is 5.32 Å². The third-order valence-corrected chi connectivity index (χ3v) is 3.04. The normalized spacial score (nSPS) is 11.9. The summed E-state index contributed by atoms with van der Waals surface area (Å²) >= 11 is 0. The van der Waals surface area contributed by atoms with Crippen LogP contribution in [-0.2, 0) is 4.79 Å². The van der Waals surface area contributed by atoms with Crippen molar-refractivity contribution >= 4 is 11.7 Å². The van der Waals surface area contributed by atoms with E-state index < -0.39 is 0 Å². The molecule has 0 fully saturated rings. The molecule has 1 N–H and O–H groups in total. The molecule has 2 rings (SSSR count). The highest BCUT2D eigenvalue weighted by atomic mass is 16.1. The zero-order valence-corrected chi connectivity index (χ0v) is 11.5. The van der Waals surface area contributed by atoms with E-state index in [1.54, 1.807) is 0 Å². The third-order valence-electron chi connectivity index (χ3n) is 3.04. The topological polar surface area (TPSA) is 42.0 Å². The monoisotopic (exact) mass is 254 g/mol. The van der Waals surface area contributed by atoms with E-state index in [0.29, 0.717) is 5.82 Å². The second-order valence-corrected chi connectivity index (χ2v) is 4.79. The molecule has 0 aliphatic heterocycles. The van der Waals surface area contributed by atoms with Gasteiger partial charge in [0.15, 0.2) is 0 Å². The number of carbonyl (C=O) groups excluding carboxylic acids is 1. The highest BCUT2D eigenvalue weighted by molar-refractivity contribution is 5.94. The number of benzene rings is 1. The quantitative estimate of drug-likeness (QED) is 0.911. The summed E-state index contributed by atoms with van der Waals surface area (Å²) in [6.07, 6.45) is 0. The minimum Gasteiger partial charge on any atom is -0.310 e. The number of pyridine rings is 1. The van der Waals surface area contributed by atoms with E-state index in [0.717, 1.165) is 16.8 Å². The zero-order chi connectivity index (χ0) is 13.8. The molecule has 0 aliphatic rings. The number of aromatic nitrogens is 1. The van der Waals surface area contributed by atoms with Crippen LogP contribution in [0.5, 0.6) is 0 Å². The molecule has 0 saturated carbocycles. The Morgan fingerprint density at radius 1 is 1.16 bits per heavy atom. The van der Waals surface area contributed by atoms with Crippen LogP contribution in [0.25, 0.3) is 0 Å². The largest absolute Gasteiger partial charge is 0.310 e. The fourth-order valence-corrected chi connectivity index (χ4v) is 2.03. The molecule has 3 heteroatoms. The number of rotatable bonds is 3. The van der Waals surface area contributed by atoms with Crippen LogP contribution in [0.3, 0.4) is 0 Å².